The summed E-state index contributed by atoms with van der Waals surface area (Å²) < 4.78 is 17.6. The van der Waals surface area contributed by atoms with E-state index in [0.717, 1.165) is 68.6 Å². The molecule has 1 unspecified atom stereocenters. The first-order chi connectivity index (χ1) is 13.7. The number of nitrogens with one attached hydrogen (secondary N) is 1. The minimum atomic E-state index is 0.301. The summed E-state index contributed by atoms with van der Waals surface area (Å²) in [6.45, 7) is 4.51. The molecule has 1 spiro atoms. The Morgan fingerprint density at radius 1 is 1.32 bits per heavy atom. The van der Waals surface area contributed by atoms with E-state index in [0.29, 0.717) is 18.1 Å². The van der Waals surface area contributed by atoms with E-state index >= 15 is 0 Å². The minimum Gasteiger partial charge on any atom is -0.493 e. The zero-order valence-electron chi connectivity index (χ0n) is 17.2. The van der Waals surface area contributed by atoms with Crippen molar-refractivity contribution in [2.45, 2.75) is 51.2 Å². The third kappa shape index (κ3) is 4.07. The topological polar surface area (TPSA) is 55.3 Å². The van der Waals surface area contributed by atoms with Gasteiger partial charge in [-0.1, -0.05) is 12.1 Å². The van der Waals surface area contributed by atoms with E-state index in [-0.39, 0.29) is 0 Å². The van der Waals surface area contributed by atoms with Crippen LogP contribution in [0.4, 0.5) is 0 Å². The maximum Gasteiger partial charge on any atom is 0.193 e. The molecule has 1 atom stereocenters. The van der Waals surface area contributed by atoms with Crippen LogP contribution in [0.15, 0.2) is 23.2 Å². The SMILES string of the molecule is CN=C(NCc1cccc(OC)c1OC1CCCC1)N1CCC2(CCOC2)C1. The summed E-state index contributed by atoms with van der Waals surface area (Å²) in [6, 6.07) is 6.12. The standard InChI is InChI=1S/C22H33N3O3/c1-23-21(25-12-10-22(15-25)11-13-27-16-22)24-14-17-6-5-9-19(26-2)20(17)28-18-7-3-4-8-18/h5-6,9,18H,3-4,7-8,10-16H2,1-2H3,(H,23,24). The lowest BCUT2D eigenvalue weighted by atomic mass is 9.87. The van der Waals surface area contributed by atoms with Crippen molar-refractivity contribution in [1.82, 2.24) is 10.2 Å². The largest absolute Gasteiger partial charge is 0.493 e. The van der Waals surface area contributed by atoms with Gasteiger partial charge >= 0.3 is 0 Å². The van der Waals surface area contributed by atoms with Gasteiger partial charge in [-0.25, -0.2) is 0 Å². The van der Waals surface area contributed by atoms with Gasteiger partial charge in [-0.05, 0) is 44.6 Å². The van der Waals surface area contributed by atoms with E-state index in [2.05, 4.69) is 21.3 Å². The number of hydrogen-bond acceptors (Lipinski definition) is 4. The highest BCUT2D eigenvalue weighted by Crippen LogP contribution is 2.38. The summed E-state index contributed by atoms with van der Waals surface area (Å²) >= 11 is 0. The Kier molecular flexibility index (Phi) is 5.95. The summed E-state index contributed by atoms with van der Waals surface area (Å²) in [5, 5.41) is 3.55. The molecule has 0 bridgehead atoms. The van der Waals surface area contributed by atoms with Gasteiger partial charge in [-0.2, -0.15) is 0 Å². The first kappa shape index (κ1) is 19.4. The summed E-state index contributed by atoms with van der Waals surface area (Å²) in [4.78, 5) is 6.90. The van der Waals surface area contributed by atoms with Gasteiger partial charge in [0.15, 0.2) is 17.5 Å². The lowest BCUT2D eigenvalue weighted by molar-refractivity contribution is 0.156. The molecule has 1 aromatic rings. The molecule has 0 aromatic heterocycles. The van der Waals surface area contributed by atoms with E-state index in [1.807, 2.05) is 19.2 Å². The molecule has 3 fully saturated rings. The summed E-state index contributed by atoms with van der Waals surface area (Å²) in [7, 11) is 3.57. The molecule has 1 N–H and O–H groups in total. The van der Waals surface area contributed by atoms with Crippen molar-refractivity contribution in [2.75, 3.05) is 40.5 Å². The number of para-hydroxylation sites is 1. The van der Waals surface area contributed by atoms with Crippen molar-refractivity contribution in [3.8, 4) is 11.5 Å². The number of ether oxygens (including phenoxy) is 3. The Morgan fingerprint density at radius 3 is 2.89 bits per heavy atom. The Bertz CT molecular complexity index is 694. The number of rotatable bonds is 5. The van der Waals surface area contributed by atoms with Gasteiger partial charge in [0, 0.05) is 44.3 Å². The normalized spacial score (nSPS) is 25.6. The first-order valence-corrected chi connectivity index (χ1v) is 10.6. The van der Waals surface area contributed by atoms with Crippen molar-refractivity contribution in [2.24, 2.45) is 10.4 Å². The molecule has 6 heteroatoms. The van der Waals surface area contributed by atoms with Crippen LogP contribution < -0.4 is 14.8 Å². The highest BCUT2D eigenvalue weighted by Gasteiger charge is 2.42. The molecule has 1 aliphatic carbocycles. The quantitative estimate of drug-likeness (QED) is 0.621. The van der Waals surface area contributed by atoms with Crippen molar-refractivity contribution >= 4 is 5.96 Å². The summed E-state index contributed by atoms with van der Waals surface area (Å²) in [5.41, 5.74) is 1.44. The summed E-state index contributed by atoms with van der Waals surface area (Å²) in [5.74, 6) is 2.64. The van der Waals surface area contributed by atoms with Crippen molar-refractivity contribution in [3.63, 3.8) is 0 Å². The number of aliphatic imine (C=N–C) groups is 1. The molecule has 1 saturated carbocycles. The zero-order valence-corrected chi connectivity index (χ0v) is 17.2. The lowest BCUT2D eigenvalue weighted by Gasteiger charge is -2.25. The first-order valence-electron chi connectivity index (χ1n) is 10.6. The van der Waals surface area contributed by atoms with E-state index in [4.69, 9.17) is 14.2 Å². The second-order valence-corrected chi connectivity index (χ2v) is 8.35. The molecule has 6 nitrogen and oxygen atoms in total. The predicted octanol–water partition coefficient (Wildman–Crippen LogP) is 3.20. The summed E-state index contributed by atoms with van der Waals surface area (Å²) in [6.07, 6.45) is 7.41. The fourth-order valence-corrected chi connectivity index (χ4v) is 4.76. The van der Waals surface area contributed by atoms with E-state index in [1.165, 1.54) is 19.3 Å². The average molecular weight is 388 g/mol. The maximum absolute atomic E-state index is 6.36. The Labute approximate surface area is 168 Å². The molecule has 0 radical (unpaired) electrons. The lowest BCUT2D eigenvalue weighted by Crippen LogP contribution is -2.41. The van der Waals surface area contributed by atoms with E-state index in [9.17, 15) is 0 Å². The number of methoxy groups -OCH3 is 1. The Hall–Kier alpha value is -1.95. The molecule has 154 valence electrons. The van der Waals surface area contributed by atoms with Gasteiger partial charge in [0.05, 0.1) is 19.8 Å². The number of benzene rings is 1. The van der Waals surface area contributed by atoms with Crippen LogP contribution in [0.1, 0.15) is 44.1 Å². The Morgan fingerprint density at radius 2 is 2.18 bits per heavy atom. The molecule has 2 aliphatic heterocycles. The molecule has 28 heavy (non-hydrogen) atoms. The molecule has 2 saturated heterocycles. The van der Waals surface area contributed by atoms with Gasteiger partial charge in [0.25, 0.3) is 0 Å². The zero-order chi connectivity index (χ0) is 19.4. The van der Waals surface area contributed by atoms with Gasteiger partial charge in [-0.15, -0.1) is 0 Å². The van der Waals surface area contributed by atoms with Crippen LogP contribution in [0.25, 0.3) is 0 Å². The van der Waals surface area contributed by atoms with Crippen LogP contribution in [0.2, 0.25) is 0 Å². The highest BCUT2D eigenvalue weighted by molar-refractivity contribution is 5.80. The molecule has 3 aliphatic rings. The number of likely N-dealkylation sites (tertiary alicyclic amines) is 1. The van der Waals surface area contributed by atoms with Gasteiger partial charge in [0.1, 0.15) is 0 Å². The molecule has 2 heterocycles. The maximum atomic E-state index is 6.36. The predicted molar refractivity (Wildman–Crippen MR) is 110 cm³/mol. The monoisotopic (exact) mass is 387 g/mol. The second-order valence-electron chi connectivity index (χ2n) is 8.35. The van der Waals surface area contributed by atoms with Crippen LogP contribution in [0.3, 0.4) is 0 Å². The van der Waals surface area contributed by atoms with Crippen LogP contribution in [0, 0.1) is 5.41 Å². The fraction of sp³-hybridized carbons (Fsp3) is 0.682. The van der Waals surface area contributed by atoms with Crippen LogP contribution in [0.5, 0.6) is 11.5 Å². The smallest absolute Gasteiger partial charge is 0.193 e. The van der Waals surface area contributed by atoms with Crippen LogP contribution in [-0.2, 0) is 11.3 Å². The molecule has 4 rings (SSSR count). The van der Waals surface area contributed by atoms with Gasteiger partial charge in [-0.3, -0.25) is 4.99 Å². The number of hydrogen-bond donors (Lipinski definition) is 1. The minimum absolute atomic E-state index is 0.301. The highest BCUT2D eigenvalue weighted by atomic mass is 16.5. The van der Waals surface area contributed by atoms with Crippen LogP contribution in [-0.4, -0.2) is 57.4 Å². The van der Waals surface area contributed by atoms with Crippen molar-refractivity contribution in [1.29, 1.82) is 0 Å². The Balaban J connectivity index is 1.43. The average Bonchev–Trinajstić information content (AvgIpc) is 3.47. The van der Waals surface area contributed by atoms with Gasteiger partial charge < -0.3 is 24.4 Å². The second kappa shape index (κ2) is 8.60. The molecule has 0 amide bonds. The third-order valence-electron chi connectivity index (χ3n) is 6.44. The molecular weight excluding hydrogens is 354 g/mol. The molecular formula is C22H33N3O3. The number of nitrogens with zero attached hydrogens (tertiary/aromatic N) is 2. The molecule has 1 aromatic carbocycles. The van der Waals surface area contributed by atoms with Crippen molar-refractivity contribution in [3.05, 3.63) is 23.8 Å². The number of guanidine groups is 1. The van der Waals surface area contributed by atoms with Crippen LogP contribution >= 0.6 is 0 Å². The van der Waals surface area contributed by atoms with E-state index in [1.54, 1.807) is 7.11 Å². The fourth-order valence-electron chi connectivity index (χ4n) is 4.76. The van der Waals surface area contributed by atoms with Crippen molar-refractivity contribution < 1.29 is 14.2 Å². The van der Waals surface area contributed by atoms with Gasteiger partial charge in [0.2, 0.25) is 0 Å². The third-order valence-corrected chi connectivity index (χ3v) is 6.44. The van der Waals surface area contributed by atoms with E-state index < -0.39 is 0 Å².